The first kappa shape index (κ1) is 26.9. The van der Waals surface area contributed by atoms with Crippen LogP contribution in [0.2, 0.25) is 10.0 Å². The number of allylic oxidation sites excluding steroid dienone is 1. The van der Waals surface area contributed by atoms with Crippen LogP contribution < -0.4 is 21.1 Å². The van der Waals surface area contributed by atoms with E-state index in [9.17, 15) is 19.2 Å². The van der Waals surface area contributed by atoms with Gasteiger partial charge in [0.05, 0.1) is 11.6 Å². The number of benzene rings is 2. The molecule has 4 N–H and O–H groups in total. The minimum Gasteiger partial charge on any atom is -0.482 e. The number of ether oxygens (including phenoxy) is 1. The molecule has 0 saturated heterocycles. The van der Waals surface area contributed by atoms with Gasteiger partial charge in [-0.25, -0.2) is 0 Å². The Morgan fingerprint density at radius 1 is 1.03 bits per heavy atom. The second-order valence-corrected chi connectivity index (χ2v) is 8.06. The molecule has 10 heteroatoms. The molecule has 0 heterocycles. The van der Waals surface area contributed by atoms with Crippen molar-refractivity contribution >= 4 is 46.7 Å². The molecule has 0 aromatic heterocycles. The van der Waals surface area contributed by atoms with Crippen LogP contribution in [0.3, 0.4) is 0 Å². The third-order valence-electron chi connectivity index (χ3n) is 4.81. The summed E-state index contributed by atoms with van der Waals surface area (Å²) in [5.74, 6) is -2.12. The lowest BCUT2D eigenvalue weighted by Gasteiger charge is -2.16. The number of hydrogen-bond donors (Lipinski definition) is 3. The Bertz CT molecular complexity index is 1090. The summed E-state index contributed by atoms with van der Waals surface area (Å²) in [7, 11) is 0. The van der Waals surface area contributed by atoms with E-state index in [4.69, 9.17) is 33.7 Å². The van der Waals surface area contributed by atoms with Crippen LogP contribution in [0.1, 0.15) is 29.3 Å². The first-order valence-electron chi connectivity index (χ1n) is 10.4. The Morgan fingerprint density at radius 2 is 1.71 bits per heavy atom. The molecule has 0 unspecified atom stereocenters. The van der Waals surface area contributed by atoms with Crippen molar-refractivity contribution in [3.05, 3.63) is 75.8 Å². The number of halogens is 2. The van der Waals surface area contributed by atoms with Crippen LogP contribution in [0.15, 0.2) is 54.6 Å². The molecule has 2 rings (SSSR count). The summed E-state index contributed by atoms with van der Waals surface area (Å²) < 4.78 is 5.36. The molecular formula is C24H25Cl2N3O5. The molecule has 0 aliphatic rings. The molecule has 180 valence electrons. The predicted octanol–water partition coefficient (Wildman–Crippen LogP) is 2.85. The van der Waals surface area contributed by atoms with Crippen LogP contribution in [-0.2, 0) is 20.8 Å². The molecule has 0 aliphatic carbocycles. The highest BCUT2D eigenvalue weighted by molar-refractivity contribution is 6.45. The van der Waals surface area contributed by atoms with Gasteiger partial charge in [-0.3, -0.25) is 19.2 Å². The molecule has 8 nitrogen and oxygen atoms in total. The fourth-order valence-corrected chi connectivity index (χ4v) is 3.32. The van der Waals surface area contributed by atoms with Gasteiger partial charge in [-0.05, 0) is 29.7 Å². The highest BCUT2D eigenvalue weighted by Gasteiger charge is 2.20. The lowest BCUT2D eigenvalue weighted by Crippen LogP contribution is -2.49. The van der Waals surface area contributed by atoms with E-state index >= 15 is 0 Å². The maximum atomic E-state index is 12.3. The first-order valence-corrected chi connectivity index (χ1v) is 11.1. The van der Waals surface area contributed by atoms with Gasteiger partial charge in [0.1, 0.15) is 16.8 Å². The van der Waals surface area contributed by atoms with Gasteiger partial charge in [0.2, 0.25) is 11.8 Å². The number of carbonyl (C=O) groups excluding carboxylic acids is 4. The molecule has 34 heavy (non-hydrogen) atoms. The third-order valence-corrected chi connectivity index (χ3v) is 5.67. The van der Waals surface area contributed by atoms with Gasteiger partial charge in [-0.15, -0.1) is 0 Å². The number of nitrogens with two attached hydrogens (primary N) is 1. The fourth-order valence-electron chi connectivity index (χ4n) is 2.86. The highest BCUT2D eigenvalue weighted by atomic mass is 35.5. The summed E-state index contributed by atoms with van der Waals surface area (Å²) >= 11 is 12.4. The molecule has 0 fully saturated rings. The Balaban J connectivity index is 1.87. The number of ketones is 1. The van der Waals surface area contributed by atoms with Gasteiger partial charge in [0.15, 0.2) is 12.4 Å². The lowest BCUT2D eigenvalue weighted by atomic mass is 10.0. The average molecular weight is 506 g/mol. The van der Waals surface area contributed by atoms with E-state index in [1.165, 1.54) is 12.1 Å². The van der Waals surface area contributed by atoms with Gasteiger partial charge < -0.3 is 21.1 Å². The van der Waals surface area contributed by atoms with Crippen molar-refractivity contribution < 1.29 is 23.9 Å². The highest BCUT2D eigenvalue weighted by Crippen LogP contribution is 2.35. The van der Waals surface area contributed by atoms with Crippen molar-refractivity contribution in [3.63, 3.8) is 0 Å². The van der Waals surface area contributed by atoms with E-state index in [-0.39, 0.29) is 40.1 Å². The van der Waals surface area contributed by atoms with Crippen molar-refractivity contribution in [1.29, 1.82) is 0 Å². The summed E-state index contributed by atoms with van der Waals surface area (Å²) in [5.41, 5.74) is 6.76. The molecular weight excluding hydrogens is 481 g/mol. The van der Waals surface area contributed by atoms with Crippen molar-refractivity contribution in [2.24, 2.45) is 5.73 Å². The van der Waals surface area contributed by atoms with Crippen molar-refractivity contribution in [1.82, 2.24) is 10.6 Å². The maximum absolute atomic E-state index is 12.3. The second-order valence-electron chi connectivity index (χ2n) is 7.30. The lowest BCUT2D eigenvalue weighted by molar-refractivity contribution is -0.129. The number of Topliss-reactive ketones (excluding diaryl/α,β-unsaturated/α-hetero) is 1. The fraction of sp³-hybridized carbons (Fsp3) is 0.250. The number of amides is 3. The van der Waals surface area contributed by atoms with E-state index in [1.54, 1.807) is 19.1 Å². The molecule has 3 amide bonds. The topological polar surface area (TPSA) is 128 Å². The molecule has 1 atom stereocenters. The SMILES string of the molecule is C=C(CC)C(=O)c1ccc(OCC(=O)NCC(=O)N[C@@H](Cc2ccccc2)C(N)=O)c(Cl)c1Cl. The van der Waals surface area contributed by atoms with Crippen LogP contribution in [-0.4, -0.2) is 42.7 Å². The smallest absolute Gasteiger partial charge is 0.258 e. The van der Waals surface area contributed by atoms with E-state index in [2.05, 4.69) is 17.2 Å². The van der Waals surface area contributed by atoms with Crippen LogP contribution in [0, 0.1) is 0 Å². The van der Waals surface area contributed by atoms with Crippen molar-refractivity contribution in [3.8, 4) is 5.75 Å². The second kappa shape index (κ2) is 12.8. The molecule has 0 radical (unpaired) electrons. The maximum Gasteiger partial charge on any atom is 0.258 e. The molecule has 0 bridgehead atoms. The third kappa shape index (κ3) is 7.60. The molecule has 0 saturated carbocycles. The van der Waals surface area contributed by atoms with Gasteiger partial charge in [-0.2, -0.15) is 0 Å². The van der Waals surface area contributed by atoms with Gasteiger partial charge in [0, 0.05) is 12.0 Å². The molecule has 0 aliphatic heterocycles. The minimum absolute atomic E-state index is 0.00513. The van der Waals surface area contributed by atoms with E-state index < -0.39 is 30.4 Å². The zero-order valence-corrected chi connectivity index (χ0v) is 20.0. The summed E-state index contributed by atoms with van der Waals surface area (Å²) in [4.78, 5) is 48.2. The summed E-state index contributed by atoms with van der Waals surface area (Å²) in [6.07, 6.45) is 0.688. The molecule has 0 spiro atoms. The van der Waals surface area contributed by atoms with Crippen molar-refractivity contribution in [2.45, 2.75) is 25.8 Å². The standard InChI is InChI=1S/C24H25Cl2N3O5/c1-3-14(2)23(32)16-9-10-18(22(26)21(16)25)34-13-20(31)28-12-19(30)29-17(24(27)33)11-15-7-5-4-6-8-15/h4-10,17H,2-3,11-13H2,1H3,(H2,27,33)(H,28,31)(H,29,30)/t17-/m0/s1. The zero-order valence-electron chi connectivity index (χ0n) is 18.5. The van der Waals surface area contributed by atoms with Crippen LogP contribution in [0.5, 0.6) is 5.75 Å². The number of nitrogens with one attached hydrogen (secondary N) is 2. The van der Waals surface area contributed by atoms with E-state index in [1.807, 2.05) is 18.2 Å². The summed E-state index contributed by atoms with van der Waals surface area (Å²) in [5, 5.41) is 4.85. The van der Waals surface area contributed by atoms with Crippen LogP contribution in [0.4, 0.5) is 0 Å². The summed E-state index contributed by atoms with van der Waals surface area (Å²) in [6, 6.07) is 11.0. The van der Waals surface area contributed by atoms with Gasteiger partial charge in [-0.1, -0.05) is 67.0 Å². The Hall–Kier alpha value is -3.36. The first-order chi connectivity index (χ1) is 16.1. The summed E-state index contributed by atoms with van der Waals surface area (Å²) in [6.45, 7) is 4.64. The van der Waals surface area contributed by atoms with Crippen LogP contribution >= 0.6 is 23.2 Å². The zero-order chi connectivity index (χ0) is 25.3. The van der Waals surface area contributed by atoms with E-state index in [0.717, 1.165) is 5.56 Å². The Kier molecular flexibility index (Phi) is 10.1. The van der Waals surface area contributed by atoms with Crippen LogP contribution in [0.25, 0.3) is 0 Å². The van der Waals surface area contributed by atoms with E-state index in [0.29, 0.717) is 12.0 Å². The van der Waals surface area contributed by atoms with Gasteiger partial charge in [0.25, 0.3) is 5.91 Å². The molecule has 2 aromatic rings. The largest absolute Gasteiger partial charge is 0.482 e. The minimum atomic E-state index is -0.922. The Morgan fingerprint density at radius 3 is 2.32 bits per heavy atom. The quantitative estimate of drug-likeness (QED) is 0.301. The van der Waals surface area contributed by atoms with Gasteiger partial charge >= 0.3 is 0 Å². The normalized spacial score (nSPS) is 11.3. The molecule has 2 aromatic carbocycles. The Labute approximate surface area is 207 Å². The monoisotopic (exact) mass is 505 g/mol. The average Bonchev–Trinajstić information content (AvgIpc) is 2.82. The number of carbonyl (C=O) groups is 4. The number of rotatable bonds is 12. The van der Waals surface area contributed by atoms with Crippen molar-refractivity contribution in [2.75, 3.05) is 13.2 Å². The number of primary amides is 1. The number of hydrogen-bond acceptors (Lipinski definition) is 5. The predicted molar refractivity (Wildman–Crippen MR) is 130 cm³/mol.